The lowest BCUT2D eigenvalue weighted by atomic mass is 9.83. The standard InChI is InChI=1S/C16H16N2O6/c1-23-15(19)14(16(20)24-2)13(12-4-3-9-17-12)10-5-7-11(8-6-10)18(21)22/h3-9,13-14,17H,1-2H3. The van der Waals surface area contributed by atoms with Crippen LogP contribution in [0.5, 0.6) is 0 Å². The first-order valence-corrected chi connectivity index (χ1v) is 7.03. The number of esters is 2. The van der Waals surface area contributed by atoms with Crippen molar-refractivity contribution in [3.63, 3.8) is 0 Å². The number of nitro benzene ring substituents is 1. The molecule has 1 N–H and O–H groups in total. The fourth-order valence-corrected chi connectivity index (χ4v) is 2.51. The third-order valence-electron chi connectivity index (χ3n) is 3.66. The summed E-state index contributed by atoms with van der Waals surface area (Å²) >= 11 is 0. The second-order valence-electron chi connectivity index (χ2n) is 4.98. The van der Waals surface area contributed by atoms with Crippen LogP contribution < -0.4 is 0 Å². The number of nitro groups is 1. The van der Waals surface area contributed by atoms with Crippen LogP contribution in [0, 0.1) is 16.0 Å². The maximum atomic E-state index is 12.2. The molecule has 1 atom stereocenters. The molecule has 24 heavy (non-hydrogen) atoms. The van der Waals surface area contributed by atoms with Crippen LogP contribution in [0.2, 0.25) is 0 Å². The molecule has 1 aromatic heterocycles. The van der Waals surface area contributed by atoms with Crippen LogP contribution >= 0.6 is 0 Å². The second kappa shape index (κ2) is 7.40. The van der Waals surface area contributed by atoms with Crippen LogP contribution in [0.1, 0.15) is 17.2 Å². The van der Waals surface area contributed by atoms with Crippen LogP contribution in [0.25, 0.3) is 0 Å². The Balaban J connectivity index is 2.53. The molecule has 126 valence electrons. The number of carbonyl (C=O) groups excluding carboxylic acids is 2. The summed E-state index contributed by atoms with van der Waals surface area (Å²) in [6, 6.07) is 9.07. The first-order valence-electron chi connectivity index (χ1n) is 7.03. The highest BCUT2D eigenvalue weighted by Gasteiger charge is 2.39. The number of hydrogen-bond acceptors (Lipinski definition) is 6. The summed E-state index contributed by atoms with van der Waals surface area (Å²) in [7, 11) is 2.36. The van der Waals surface area contributed by atoms with E-state index in [1.165, 1.54) is 38.5 Å². The van der Waals surface area contributed by atoms with Crippen molar-refractivity contribution >= 4 is 17.6 Å². The lowest BCUT2D eigenvalue weighted by molar-refractivity contribution is -0.384. The Bertz CT molecular complexity index is 708. The average Bonchev–Trinajstić information content (AvgIpc) is 3.12. The first-order chi connectivity index (χ1) is 11.5. The van der Waals surface area contributed by atoms with Crippen molar-refractivity contribution in [3.05, 3.63) is 64.0 Å². The molecule has 8 nitrogen and oxygen atoms in total. The molecule has 1 aromatic carbocycles. The highest BCUT2D eigenvalue weighted by Crippen LogP contribution is 2.33. The quantitative estimate of drug-likeness (QED) is 0.375. The van der Waals surface area contributed by atoms with Gasteiger partial charge in [-0.2, -0.15) is 0 Å². The Kier molecular flexibility index (Phi) is 5.31. The summed E-state index contributed by atoms with van der Waals surface area (Å²) < 4.78 is 9.47. The molecule has 0 saturated heterocycles. The SMILES string of the molecule is COC(=O)C(C(=O)OC)C(c1ccc([N+](=O)[O-])cc1)c1ccc[nH]1. The van der Waals surface area contributed by atoms with E-state index >= 15 is 0 Å². The molecule has 1 unspecified atom stereocenters. The zero-order chi connectivity index (χ0) is 17.7. The maximum Gasteiger partial charge on any atom is 0.321 e. The topological polar surface area (TPSA) is 112 Å². The van der Waals surface area contributed by atoms with E-state index in [9.17, 15) is 19.7 Å². The fraction of sp³-hybridized carbons (Fsp3) is 0.250. The average molecular weight is 332 g/mol. The molecule has 0 aliphatic carbocycles. The van der Waals surface area contributed by atoms with Crippen molar-refractivity contribution in [3.8, 4) is 0 Å². The Hall–Kier alpha value is -3.16. The lowest BCUT2D eigenvalue weighted by Crippen LogP contribution is -2.33. The van der Waals surface area contributed by atoms with Crippen LogP contribution in [-0.4, -0.2) is 36.1 Å². The van der Waals surface area contributed by atoms with Gasteiger partial charge in [0.15, 0.2) is 5.92 Å². The molecule has 0 bridgehead atoms. The molecular formula is C16H16N2O6. The van der Waals surface area contributed by atoms with Gasteiger partial charge in [-0.25, -0.2) is 0 Å². The summed E-state index contributed by atoms with van der Waals surface area (Å²) in [5, 5.41) is 10.8. The van der Waals surface area contributed by atoms with Crippen molar-refractivity contribution in [1.29, 1.82) is 0 Å². The number of nitrogens with one attached hydrogen (secondary N) is 1. The van der Waals surface area contributed by atoms with E-state index in [2.05, 4.69) is 4.98 Å². The predicted octanol–water partition coefficient (Wildman–Crippen LogP) is 2.02. The normalized spacial score (nSPS) is 11.8. The highest BCUT2D eigenvalue weighted by atomic mass is 16.6. The monoisotopic (exact) mass is 332 g/mol. The number of rotatable bonds is 6. The molecule has 0 radical (unpaired) electrons. The van der Waals surface area contributed by atoms with Crippen molar-refractivity contribution in [2.24, 2.45) is 5.92 Å². The largest absolute Gasteiger partial charge is 0.468 e. The molecule has 2 aromatic rings. The summed E-state index contributed by atoms with van der Waals surface area (Å²) in [5.74, 6) is -3.46. The van der Waals surface area contributed by atoms with E-state index in [0.717, 1.165) is 0 Å². The van der Waals surface area contributed by atoms with E-state index in [1.807, 2.05) is 0 Å². The van der Waals surface area contributed by atoms with Crippen molar-refractivity contribution < 1.29 is 24.0 Å². The zero-order valence-corrected chi connectivity index (χ0v) is 13.1. The number of carbonyl (C=O) groups is 2. The minimum Gasteiger partial charge on any atom is -0.468 e. The predicted molar refractivity (Wildman–Crippen MR) is 83.3 cm³/mol. The Morgan fingerprint density at radius 1 is 1.08 bits per heavy atom. The van der Waals surface area contributed by atoms with E-state index < -0.39 is 28.7 Å². The van der Waals surface area contributed by atoms with Gasteiger partial charge in [-0.05, 0) is 17.7 Å². The van der Waals surface area contributed by atoms with Gasteiger partial charge in [-0.3, -0.25) is 19.7 Å². The molecule has 1 heterocycles. The van der Waals surface area contributed by atoms with Crippen LogP contribution in [0.3, 0.4) is 0 Å². The number of benzene rings is 1. The van der Waals surface area contributed by atoms with Crippen molar-refractivity contribution in [2.45, 2.75) is 5.92 Å². The van der Waals surface area contributed by atoms with Crippen molar-refractivity contribution in [2.75, 3.05) is 14.2 Å². The van der Waals surface area contributed by atoms with Gasteiger partial charge < -0.3 is 14.5 Å². The molecule has 0 saturated carbocycles. The van der Waals surface area contributed by atoms with Crippen molar-refractivity contribution in [1.82, 2.24) is 4.98 Å². The Labute approximate surface area is 137 Å². The number of H-pyrrole nitrogens is 1. The molecule has 0 amide bonds. The number of ether oxygens (including phenoxy) is 2. The van der Waals surface area contributed by atoms with E-state index in [4.69, 9.17) is 9.47 Å². The molecule has 8 heteroatoms. The number of methoxy groups -OCH3 is 2. The van der Waals surface area contributed by atoms with Crippen LogP contribution in [-0.2, 0) is 19.1 Å². The summed E-state index contributed by atoms with van der Waals surface area (Å²) in [6.07, 6.45) is 1.65. The van der Waals surface area contributed by atoms with Gasteiger partial charge in [0.05, 0.1) is 19.1 Å². The summed E-state index contributed by atoms with van der Waals surface area (Å²) in [6.45, 7) is 0. The van der Waals surface area contributed by atoms with E-state index in [-0.39, 0.29) is 5.69 Å². The van der Waals surface area contributed by atoms with Gasteiger partial charge >= 0.3 is 11.9 Å². The smallest absolute Gasteiger partial charge is 0.321 e. The van der Waals surface area contributed by atoms with Gasteiger partial charge in [0.2, 0.25) is 0 Å². The third-order valence-corrected chi connectivity index (χ3v) is 3.66. The van der Waals surface area contributed by atoms with E-state index in [1.54, 1.807) is 18.3 Å². The summed E-state index contributed by atoms with van der Waals surface area (Å²) in [4.78, 5) is 37.5. The zero-order valence-electron chi connectivity index (χ0n) is 13.1. The molecule has 0 aliphatic rings. The van der Waals surface area contributed by atoms with Gasteiger partial charge in [0, 0.05) is 29.9 Å². The van der Waals surface area contributed by atoms with Crippen LogP contribution in [0.4, 0.5) is 5.69 Å². The Morgan fingerprint density at radius 2 is 1.67 bits per heavy atom. The number of aromatic nitrogens is 1. The fourth-order valence-electron chi connectivity index (χ4n) is 2.51. The number of nitrogens with zero attached hydrogens (tertiary/aromatic N) is 1. The lowest BCUT2D eigenvalue weighted by Gasteiger charge is -2.23. The highest BCUT2D eigenvalue weighted by molar-refractivity contribution is 5.96. The molecule has 0 spiro atoms. The third kappa shape index (κ3) is 3.43. The van der Waals surface area contributed by atoms with Gasteiger partial charge in [-0.15, -0.1) is 0 Å². The number of non-ortho nitro benzene ring substituents is 1. The Morgan fingerprint density at radius 3 is 2.08 bits per heavy atom. The number of aromatic amines is 1. The summed E-state index contributed by atoms with van der Waals surface area (Å²) in [5.41, 5.74) is 1.05. The van der Waals surface area contributed by atoms with Gasteiger partial charge in [0.25, 0.3) is 5.69 Å². The number of hydrogen-bond donors (Lipinski definition) is 1. The minimum atomic E-state index is -1.24. The molecule has 0 fully saturated rings. The second-order valence-corrected chi connectivity index (χ2v) is 4.98. The maximum absolute atomic E-state index is 12.2. The molecule has 2 rings (SSSR count). The van der Waals surface area contributed by atoms with Gasteiger partial charge in [0.1, 0.15) is 0 Å². The molecule has 0 aliphatic heterocycles. The molecular weight excluding hydrogens is 316 g/mol. The van der Waals surface area contributed by atoms with E-state index in [0.29, 0.717) is 11.3 Å². The minimum absolute atomic E-state index is 0.0864. The van der Waals surface area contributed by atoms with Crippen LogP contribution in [0.15, 0.2) is 42.6 Å². The first kappa shape index (κ1) is 17.2. The van der Waals surface area contributed by atoms with Gasteiger partial charge in [-0.1, -0.05) is 12.1 Å².